The van der Waals surface area contributed by atoms with Crippen LogP contribution in [0.15, 0.2) is 30.6 Å². The van der Waals surface area contributed by atoms with Crippen LogP contribution in [0.5, 0.6) is 17.5 Å². The highest BCUT2D eigenvalue weighted by molar-refractivity contribution is 5.93. The molecule has 1 N–H and O–H groups in total. The van der Waals surface area contributed by atoms with Gasteiger partial charge in [-0.15, -0.1) is 0 Å². The predicted molar refractivity (Wildman–Crippen MR) is 116 cm³/mol. The highest BCUT2D eigenvalue weighted by Gasteiger charge is 2.34. The number of esters is 1. The quantitative estimate of drug-likeness (QED) is 0.621. The maximum absolute atomic E-state index is 12.9. The van der Waals surface area contributed by atoms with Gasteiger partial charge >= 0.3 is 12.0 Å². The van der Waals surface area contributed by atoms with Crippen molar-refractivity contribution >= 4 is 11.9 Å². The second-order valence-electron chi connectivity index (χ2n) is 7.53. The van der Waals surface area contributed by atoms with Crippen molar-refractivity contribution in [2.24, 2.45) is 0 Å². The Labute approximate surface area is 187 Å². The Morgan fingerprint density at radius 1 is 1.09 bits per heavy atom. The normalized spacial score (nSPS) is 20.2. The van der Waals surface area contributed by atoms with E-state index in [2.05, 4.69) is 15.3 Å². The number of hydrogen-bond acceptors (Lipinski definition) is 8. The van der Waals surface area contributed by atoms with E-state index in [1.807, 2.05) is 25.1 Å². The maximum atomic E-state index is 12.9. The van der Waals surface area contributed by atoms with Gasteiger partial charge in [0.2, 0.25) is 0 Å². The molecule has 172 valence electrons. The molecule has 1 fully saturated rings. The Bertz CT molecular complexity index is 934. The summed E-state index contributed by atoms with van der Waals surface area (Å²) in [5.41, 5.74) is 1.32. The average Bonchev–Trinajstić information content (AvgIpc) is 2.80. The van der Waals surface area contributed by atoms with Gasteiger partial charge in [-0.05, 0) is 43.9 Å². The van der Waals surface area contributed by atoms with Crippen molar-refractivity contribution in [1.29, 1.82) is 0 Å². The molecule has 1 amide bonds. The molecule has 1 aromatic carbocycles. The highest BCUT2D eigenvalue weighted by Crippen LogP contribution is 2.38. The standard InChI is InChI=1S/C23H29N3O6/c1-5-31-21-10-15(6-9-20(21)29-3)18-11-17(32-14(2)27)7-8-19(18)26-22(28)16-12-24-23(30-4)25-13-16/h6,9-10,12-13,17-19H,5,7-8,11H2,1-4H3,(H,26,28)/t17-,18-,19-/m1/s1. The third kappa shape index (κ3) is 5.66. The van der Waals surface area contributed by atoms with E-state index >= 15 is 0 Å². The molecule has 32 heavy (non-hydrogen) atoms. The van der Waals surface area contributed by atoms with Crippen LogP contribution in [0.1, 0.15) is 54.9 Å². The zero-order valence-corrected chi connectivity index (χ0v) is 18.8. The molecule has 1 aromatic heterocycles. The minimum atomic E-state index is -0.309. The SMILES string of the molecule is CCOc1cc([C@H]2C[C@H](OC(C)=O)CC[C@H]2NC(=O)c2cnc(OC)nc2)ccc1OC. The molecule has 3 rings (SSSR count). The van der Waals surface area contributed by atoms with Crippen molar-refractivity contribution in [3.8, 4) is 17.5 Å². The van der Waals surface area contributed by atoms with Crippen LogP contribution in [0.4, 0.5) is 0 Å². The zero-order valence-electron chi connectivity index (χ0n) is 18.8. The Hall–Kier alpha value is -3.36. The van der Waals surface area contributed by atoms with Crippen molar-refractivity contribution < 1.29 is 28.5 Å². The summed E-state index contributed by atoms with van der Waals surface area (Å²) in [4.78, 5) is 32.4. The molecule has 1 saturated carbocycles. The van der Waals surface area contributed by atoms with Crippen molar-refractivity contribution in [3.63, 3.8) is 0 Å². The number of amides is 1. The molecule has 0 unspecified atom stereocenters. The van der Waals surface area contributed by atoms with E-state index in [1.165, 1.54) is 26.4 Å². The zero-order chi connectivity index (χ0) is 23.1. The van der Waals surface area contributed by atoms with Crippen LogP contribution >= 0.6 is 0 Å². The summed E-state index contributed by atoms with van der Waals surface area (Å²) in [5, 5.41) is 3.10. The Morgan fingerprint density at radius 2 is 1.84 bits per heavy atom. The predicted octanol–water partition coefficient (Wildman–Crippen LogP) is 2.89. The molecule has 1 aliphatic carbocycles. The van der Waals surface area contributed by atoms with Crippen molar-refractivity contribution in [2.75, 3.05) is 20.8 Å². The lowest BCUT2D eigenvalue weighted by molar-refractivity contribution is -0.148. The Morgan fingerprint density at radius 3 is 2.47 bits per heavy atom. The second kappa shape index (κ2) is 10.8. The monoisotopic (exact) mass is 443 g/mol. The summed E-state index contributed by atoms with van der Waals surface area (Å²) in [7, 11) is 3.06. The summed E-state index contributed by atoms with van der Waals surface area (Å²) >= 11 is 0. The van der Waals surface area contributed by atoms with E-state index < -0.39 is 0 Å². The molecule has 2 aromatic rings. The van der Waals surface area contributed by atoms with Gasteiger partial charge in [-0.2, -0.15) is 0 Å². The highest BCUT2D eigenvalue weighted by atomic mass is 16.5. The molecular weight excluding hydrogens is 414 g/mol. The molecule has 9 heteroatoms. The van der Waals surface area contributed by atoms with Crippen LogP contribution in [-0.2, 0) is 9.53 Å². The first-order chi connectivity index (χ1) is 15.4. The second-order valence-corrected chi connectivity index (χ2v) is 7.53. The lowest BCUT2D eigenvalue weighted by atomic mass is 9.78. The average molecular weight is 444 g/mol. The summed E-state index contributed by atoms with van der Waals surface area (Å²) in [6.45, 7) is 3.81. The number of nitrogens with zero attached hydrogens (tertiary/aromatic N) is 2. The molecule has 0 bridgehead atoms. The van der Waals surface area contributed by atoms with Crippen LogP contribution < -0.4 is 19.5 Å². The number of rotatable bonds is 8. The van der Waals surface area contributed by atoms with E-state index in [0.717, 1.165) is 5.56 Å². The first-order valence-electron chi connectivity index (χ1n) is 10.6. The van der Waals surface area contributed by atoms with Crippen LogP contribution in [0, 0.1) is 0 Å². The van der Waals surface area contributed by atoms with Crippen LogP contribution in [0.2, 0.25) is 0 Å². The van der Waals surface area contributed by atoms with E-state index in [9.17, 15) is 9.59 Å². The van der Waals surface area contributed by atoms with E-state index in [-0.39, 0.29) is 36.0 Å². The van der Waals surface area contributed by atoms with Gasteiger partial charge in [-0.25, -0.2) is 9.97 Å². The molecule has 0 spiro atoms. The molecule has 0 aliphatic heterocycles. The lowest BCUT2D eigenvalue weighted by Gasteiger charge is -2.36. The smallest absolute Gasteiger partial charge is 0.316 e. The minimum absolute atomic E-state index is 0.0821. The lowest BCUT2D eigenvalue weighted by Crippen LogP contribution is -2.44. The first kappa shape index (κ1) is 23.3. The number of aromatic nitrogens is 2. The molecule has 0 radical (unpaired) electrons. The van der Waals surface area contributed by atoms with Crippen molar-refractivity contribution in [1.82, 2.24) is 15.3 Å². The fourth-order valence-corrected chi connectivity index (χ4v) is 4.00. The fraction of sp³-hybridized carbons (Fsp3) is 0.478. The van der Waals surface area contributed by atoms with Gasteiger partial charge < -0.3 is 24.3 Å². The van der Waals surface area contributed by atoms with E-state index in [1.54, 1.807) is 7.11 Å². The van der Waals surface area contributed by atoms with Crippen molar-refractivity contribution in [2.45, 2.75) is 51.2 Å². The molecular formula is C23H29N3O6. The third-order valence-electron chi connectivity index (χ3n) is 5.44. The van der Waals surface area contributed by atoms with Crippen LogP contribution in [0.3, 0.4) is 0 Å². The summed E-state index contributed by atoms with van der Waals surface area (Å²) in [6.07, 6.45) is 4.55. The van der Waals surface area contributed by atoms with E-state index in [4.69, 9.17) is 18.9 Å². The van der Waals surface area contributed by atoms with Gasteiger partial charge in [0.25, 0.3) is 5.91 Å². The number of carbonyl (C=O) groups is 2. The molecule has 1 aliphatic rings. The van der Waals surface area contributed by atoms with Gasteiger partial charge in [0.1, 0.15) is 6.10 Å². The summed E-state index contributed by atoms with van der Waals surface area (Å²) < 4.78 is 21.6. The third-order valence-corrected chi connectivity index (χ3v) is 5.44. The Kier molecular flexibility index (Phi) is 7.86. The number of hydrogen-bond donors (Lipinski definition) is 1. The van der Waals surface area contributed by atoms with Gasteiger partial charge in [0, 0.05) is 31.3 Å². The van der Waals surface area contributed by atoms with E-state index in [0.29, 0.717) is 42.9 Å². The maximum Gasteiger partial charge on any atom is 0.316 e. The van der Waals surface area contributed by atoms with Gasteiger partial charge in [-0.1, -0.05) is 6.07 Å². The number of benzene rings is 1. The molecule has 0 saturated heterocycles. The summed E-state index contributed by atoms with van der Waals surface area (Å²) in [5.74, 6) is 0.611. The summed E-state index contributed by atoms with van der Waals surface area (Å²) in [6, 6.07) is 5.77. The Balaban J connectivity index is 1.85. The first-order valence-corrected chi connectivity index (χ1v) is 10.6. The van der Waals surface area contributed by atoms with Crippen LogP contribution in [-0.4, -0.2) is 54.8 Å². The largest absolute Gasteiger partial charge is 0.493 e. The van der Waals surface area contributed by atoms with Gasteiger partial charge in [-0.3, -0.25) is 9.59 Å². The van der Waals surface area contributed by atoms with Crippen LogP contribution in [0.25, 0.3) is 0 Å². The molecule has 1 heterocycles. The molecule has 9 nitrogen and oxygen atoms in total. The minimum Gasteiger partial charge on any atom is -0.493 e. The molecule has 3 atom stereocenters. The fourth-order valence-electron chi connectivity index (χ4n) is 4.00. The van der Waals surface area contributed by atoms with Gasteiger partial charge in [0.05, 0.1) is 26.4 Å². The number of methoxy groups -OCH3 is 2. The van der Waals surface area contributed by atoms with Gasteiger partial charge in [0.15, 0.2) is 11.5 Å². The number of nitrogens with one attached hydrogen (secondary N) is 1. The topological polar surface area (TPSA) is 109 Å². The number of carbonyl (C=O) groups excluding carboxylic acids is 2. The van der Waals surface area contributed by atoms with Crippen molar-refractivity contribution in [3.05, 3.63) is 41.7 Å². The number of ether oxygens (including phenoxy) is 4.